The van der Waals surface area contributed by atoms with Crippen LogP contribution < -0.4 is 24.6 Å². The number of sulfonamides is 1. The van der Waals surface area contributed by atoms with Crippen LogP contribution in [0.4, 0.5) is 16.5 Å². The molecule has 0 bridgehead atoms. The van der Waals surface area contributed by atoms with Gasteiger partial charge in [0.15, 0.2) is 15.0 Å². The Balaban J connectivity index is 0.000000172. The molecule has 3 aromatic carbocycles. The van der Waals surface area contributed by atoms with E-state index in [1.165, 1.54) is 42.2 Å². The first-order valence-corrected chi connectivity index (χ1v) is 23.5. The van der Waals surface area contributed by atoms with E-state index in [1.807, 2.05) is 41.3 Å². The molecule has 5 aromatic rings. The molecule has 59 heavy (non-hydrogen) atoms. The summed E-state index contributed by atoms with van der Waals surface area (Å²) in [4.78, 5) is 43.5. The molecule has 0 radical (unpaired) electrons. The van der Waals surface area contributed by atoms with Crippen LogP contribution in [0.1, 0.15) is 30.5 Å². The highest BCUT2D eigenvalue weighted by molar-refractivity contribution is 7.93. The highest BCUT2D eigenvalue weighted by atomic mass is 32.2. The molecule has 308 valence electrons. The number of piperazine rings is 1. The normalized spacial score (nSPS) is 19.3. The van der Waals surface area contributed by atoms with Gasteiger partial charge in [0, 0.05) is 67.9 Å². The van der Waals surface area contributed by atoms with Gasteiger partial charge in [-0.3, -0.25) is 14.3 Å². The summed E-state index contributed by atoms with van der Waals surface area (Å²) in [6.07, 6.45) is 8.19. The topological polar surface area (TPSA) is 184 Å². The SMILES string of the molecule is O=C(C1COc2ccccc2C1)N1CCN(c2ccc(S(=O)(=O)Cc3ccncn3)cc2)CC1.O=C1[C@@H](NC2CC2)CCN1c1ccc(S(=O)(=O)Nc2nccs2)cc1. The van der Waals surface area contributed by atoms with Crippen LogP contribution in [-0.4, -0.2) is 99.9 Å². The van der Waals surface area contributed by atoms with Crippen molar-refractivity contribution in [3.63, 3.8) is 0 Å². The van der Waals surface area contributed by atoms with E-state index in [1.54, 1.807) is 40.6 Å². The molecule has 2 amide bonds. The molecule has 18 heteroatoms. The van der Waals surface area contributed by atoms with Gasteiger partial charge >= 0.3 is 0 Å². The Morgan fingerprint density at radius 2 is 1.54 bits per heavy atom. The number of fused-ring (bicyclic) bond motifs is 1. The van der Waals surface area contributed by atoms with Gasteiger partial charge in [-0.2, -0.15) is 0 Å². The van der Waals surface area contributed by atoms with Crippen LogP contribution >= 0.6 is 11.3 Å². The Labute approximate surface area is 347 Å². The van der Waals surface area contributed by atoms with E-state index in [0.29, 0.717) is 62.6 Å². The number of thiazole rings is 1. The average Bonchev–Trinajstić information content (AvgIpc) is 3.81. The largest absolute Gasteiger partial charge is 0.492 e. The molecule has 1 aliphatic carbocycles. The van der Waals surface area contributed by atoms with Gasteiger partial charge in [-0.05, 0) is 91.9 Å². The number of carbonyl (C=O) groups excluding carboxylic acids is 2. The van der Waals surface area contributed by atoms with Gasteiger partial charge in [0.1, 0.15) is 18.7 Å². The van der Waals surface area contributed by atoms with Crippen molar-refractivity contribution in [2.45, 2.75) is 53.3 Å². The minimum absolute atomic E-state index is 0.0587. The lowest BCUT2D eigenvalue weighted by Crippen LogP contribution is -2.51. The lowest BCUT2D eigenvalue weighted by Gasteiger charge is -2.38. The van der Waals surface area contributed by atoms with Gasteiger partial charge in [-0.25, -0.2) is 31.8 Å². The monoisotopic (exact) mass is 856 g/mol. The molecular weight excluding hydrogens is 813 g/mol. The third-order valence-corrected chi connectivity index (χ3v) is 14.5. The van der Waals surface area contributed by atoms with Crippen molar-refractivity contribution in [1.82, 2.24) is 25.2 Å². The van der Waals surface area contributed by atoms with E-state index >= 15 is 0 Å². The van der Waals surface area contributed by atoms with Crippen LogP contribution in [0.2, 0.25) is 0 Å². The number of carbonyl (C=O) groups is 2. The molecule has 2 N–H and O–H groups in total. The minimum atomic E-state index is -3.67. The highest BCUT2D eigenvalue weighted by Gasteiger charge is 2.36. The maximum absolute atomic E-state index is 13.1. The number of para-hydroxylation sites is 1. The summed E-state index contributed by atoms with van der Waals surface area (Å²) in [7, 11) is -7.16. The average molecular weight is 857 g/mol. The number of nitrogens with one attached hydrogen (secondary N) is 2. The standard InChI is InChI=1S/C25H26N4O4S.C16H18N4O3S2/c30-25(20-15-19-3-1-2-4-24(19)33-16-20)29-13-11-28(12-14-29)22-5-7-23(8-6-22)34(31,32)17-21-9-10-26-18-27-21;21-15-14(18-11-1-2-11)7-9-20(15)12-3-5-13(6-4-12)25(22,23)19-16-17-8-10-24-16/h1-10,18,20H,11-17H2;3-6,8,10-11,14,18H,1-2,7,9H2,(H,17,19)/t;14-/m.0/s1. The molecule has 2 atom stereocenters. The smallest absolute Gasteiger partial charge is 0.263 e. The van der Waals surface area contributed by atoms with Gasteiger partial charge in [-0.1, -0.05) is 18.2 Å². The molecule has 3 aliphatic heterocycles. The summed E-state index contributed by atoms with van der Waals surface area (Å²) in [6.45, 7) is 3.72. The molecule has 0 spiro atoms. The van der Waals surface area contributed by atoms with Crippen molar-refractivity contribution in [2.24, 2.45) is 5.92 Å². The molecule has 15 nitrogen and oxygen atoms in total. The second-order valence-electron chi connectivity index (χ2n) is 14.8. The molecule has 2 aromatic heterocycles. The van der Waals surface area contributed by atoms with Crippen molar-refractivity contribution >= 4 is 59.5 Å². The molecule has 4 aliphatic rings. The number of hydrogen-bond acceptors (Lipinski definition) is 13. The molecule has 1 unspecified atom stereocenters. The fourth-order valence-corrected chi connectivity index (χ4v) is 10.4. The Morgan fingerprint density at radius 1 is 0.814 bits per heavy atom. The Bertz CT molecular complexity index is 2460. The van der Waals surface area contributed by atoms with Crippen molar-refractivity contribution in [1.29, 1.82) is 0 Å². The van der Waals surface area contributed by atoms with Crippen molar-refractivity contribution in [2.75, 3.05) is 53.9 Å². The lowest BCUT2D eigenvalue weighted by atomic mass is 9.95. The second kappa shape index (κ2) is 17.4. The van der Waals surface area contributed by atoms with E-state index in [9.17, 15) is 26.4 Å². The maximum Gasteiger partial charge on any atom is 0.263 e. The zero-order valence-electron chi connectivity index (χ0n) is 32.1. The number of benzene rings is 3. The number of hydrogen-bond donors (Lipinski definition) is 2. The molecule has 2 saturated heterocycles. The molecule has 3 fully saturated rings. The number of rotatable bonds is 11. The number of ether oxygens (including phenoxy) is 1. The van der Waals surface area contributed by atoms with Crippen LogP contribution in [-0.2, 0) is 41.6 Å². The number of anilines is 3. The van der Waals surface area contributed by atoms with E-state index in [4.69, 9.17) is 4.74 Å². The summed E-state index contributed by atoms with van der Waals surface area (Å²) in [5.41, 5.74) is 3.22. The van der Waals surface area contributed by atoms with Crippen molar-refractivity contribution < 1.29 is 31.2 Å². The van der Waals surface area contributed by atoms with E-state index in [0.717, 1.165) is 42.0 Å². The molecular formula is C41H44N8O7S3. The summed E-state index contributed by atoms with van der Waals surface area (Å²) in [6, 6.07) is 23.2. The summed E-state index contributed by atoms with van der Waals surface area (Å²) >= 11 is 1.22. The number of aromatic nitrogens is 3. The van der Waals surface area contributed by atoms with Crippen LogP contribution in [0.15, 0.2) is 113 Å². The van der Waals surface area contributed by atoms with Crippen LogP contribution in [0, 0.1) is 5.92 Å². The predicted molar refractivity (Wildman–Crippen MR) is 224 cm³/mol. The summed E-state index contributed by atoms with van der Waals surface area (Å²) < 4.78 is 58.3. The van der Waals surface area contributed by atoms with E-state index in [-0.39, 0.29) is 39.3 Å². The number of sulfone groups is 1. The quantitative estimate of drug-likeness (QED) is 0.194. The number of amides is 2. The predicted octanol–water partition coefficient (Wildman–Crippen LogP) is 4.15. The fraction of sp³-hybridized carbons (Fsp3) is 0.341. The highest BCUT2D eigenvalue weighted by Crippen LogP contribution is 2.30. The van der Waals surface area contributed by atoms with E-state index < -0.39 is 19.9 Å². The van der Waals surface area contributed by atoms with Crippen LogP contribution in [0.5, 0.6) is 5.75 Å². The maximum atomic E-state index is 13.1. The molecule has 5 heterocycles. The second-order valence-corrected chi connectivity index (χ2v) is 19.4. The zero-order chi connectivity index (χ0) is 41.0. The summed E-state index contributed by atoms with van der Waals surface area (Å²) in [5, 5.41) is 5.39. The van der Waals surface area contributed by atoms with Crippen LogP contribution in [0.25, 0.3) is 0 Å². The fourth-order valence-electron chi connectivity index (χ4n) is 7.35. The Kier molecular flexibility index (Phi) is 11.9. The third-order valence-electron chi connectivity index (χ3n) is 10.7. The van der Waals surface area contributed by atoms with Gasteiger partial charge in [0.05, 0.1) is 33.2 Å². The van der Waals surface area contributed by atoms with Gasteiger partial charge in [0.2, 0.25) is 11.8 Å². The number of nitrogens with zero attached hydrogens (tertiary/aromatic N) is 6. The molecule has 9 rings (SSSR count). The van der Waals surface area contributed by atoms with Gasteiger partial charge in [0.25, 0.3) is 10.0 Å². The zero-order valence-corrected chi connectivity index (χ0v) is 34.5. The first-order valence-electron chi connectivity index (χ1n) is 19.4. The minimum Gasteiger partial charge on any atom is -0.492 e. The third kappa shape index (κ3) is 9.73. The summed E-state index contributed by atoms with van der Waals surface area (Å²) in [5.74, 6) is 0.758. The van der Waals surface area contributed by atoms with Gasteiger partial charge in [-0.15, -0.1) is 11.3 Å². The first kappa shape index (κ1) is 40.4. The molecule has 1 saturated carbocycles. The van der Waals surface area contributed by atoms with Gasteiger partial charge < -0.3 is 24.8 Å². The Morgan fingerprint density at radius 3 is 2.24 bits per heavy atom. The van der Waals surface area contributed by atoms with Crippen LogP contribution in [0.3, 0.4) is 0 Å². The van der Waals surface area contributed by atoms with E-state index in [2.05, 4.69) is 29.9 Å². The van der Waals surface area contributed by atoms with Crippen molar-refractivity contribution in [3.8, 4) is 5.75 Å². The Hall–Kier alpha value is -5.43. The lowest BCUT2D eigenvalue weighted by molar-refractivity contribution is -0.137. The first-order chi connectivity index (χ1) is 28.5. The van der Waals surface area contributed by atoms with Crippen molar-refractivity contribution in [3.05, 3.63) is 114 Å².